The second-order valence-electron chi connectivity index (χ2n) is 9.99. The first-order chi connectivity index (χ1) is 18.7. The molecule has 0 unspecified atom stereocenters. The Morgan fingerprint density at radius 1 is 1.08 bits per heavy atom. The average Bonchev–Trinajstić information content (AvgIpc) is 2.91. The molecule has 8 nitrogen and oxygen atoms in total. The molecule has 2 amide bonds. The van der Waals surface area contributed by atoms with Crippen LogP contribution in [0.25, 0.3) is 0 Å². The van der Waals surface area contributed by atoms with Crippen LogP contribution >= 0.6 is 11.6 Å². The number of sulfonamides is 1. The Morgan fingerprint density at radius 3 is 2.38 bits per heavy atom. The van der Waals surface area contributed by atoms with Gasteiger partial charge in [0.25, 0.3) is 0 Å². The maximum atomic E-state index is 13.7. The van der Waals surface area contributed by atoms with E-state index in [0.717, 1.165) is 37.5 Å². The van der Waals surface area contributed by atoms with Gasteiger partial charge in [0.15, 0.2) is 0 Å². The lowest BCUT2D eigenvalue weighted by Gasteiger charge is -2.33. The summed E-state index contributed by atoms with van der Waals surface area (Å²) in [5, 5.41) is 3.69. The van der Waals surface area contributed by atoms with Crippen LogP contribution in [-0.2, 0) is 26.2 Å². The Bertz CT molecular complexity index is 1220. The molecule has 214 valence electrons. The predicted molar refractivity (Wildman–Crippen MR) is 156 cm³/mol. The third kappa shape index (κ3) is 8.60. The third-order valence-corrected chi connectivity index (χ3v) is 8.69. The van der Waals surface area contributed by atoms with E-state index in [0.29, 0.717) is 22.9 Å². The number of hydrogen-bond acceptors (Lipinski definition) is 5. The quantitative estimate of drug-likeness (QED) is 0.355. The van der Waals surface area contributed by atoms with Gasteiger partial charge in [-0.2, -0.15) is 0 Å². The highest BCUT2D eigenvalue weighted by molar-refractivity contribution is 7.92. The fourth-order valence-corrected chi connectivity index (χ4v) is 6.26. The number of methoxy groups -OCH3 is 1. The lowest BCUT2D eigenvalue weighted by atomic mass is 9.95. The van der Waals surface area contributed by atoms with Gasteiger partial charge in [0.2, 0.25) is 21.8 Å². The summed E-state index contributed by atoms with van der Waals surface area (Å²) in [6.45, 7) is 2.18. The molecule has 0 saturated heterocycles. The van der Waals surface area contributed by atoms with Crippen LogP contribution in [0.2, 0.25) is 5.02 Å². The van der Waals surface area contributed by atoms with E-state index in [1.165, 1.54) is 17.8 Å². The van der Waals surface area contributed by atoms with Crippen LogP contribution in [0.5, 0.6) is 5.75 Å². The molecule has 1 aliphatic carbocycles. The number of carbonyl (C=O) groups is 2. The van der Waals surface area contributed by atoms with E-state index in [1.807, 2.05) is 25.1 Å². The van der Waals surface area contributed by atoms with Crippen molar-refractivity contribution in [1.82, 2.24) is 10.2 Å². The summed E-state index contributed by atoms with van der Waals surface area (Å²) >= 11 is 6.42. The van der Waals surface area contributed by atoms with E-state index < -0.39 is 16.1 Å². The highest BCUT2D eigenvalue weighted by Crippen LogP contribution is 2.30. The van der Waals surface area contributed by atoms with E-state index in [1.54, 1.807) is 35.2 Å². The number of anilines is 1. The summed E-state index contributed by atoms with van der Waals surface area (Å²) in [7, 11) is -2.14. The van der Waals surface area contributed by atoms with E-state index in [2.05, 4.69) is 5.32 Å². The van der Waals surface area contributed by atoms with Gasteiger partial charge in [0, 0.05) is 30.6 Å². The van der Waals surface area contributed by atoms with Crippen molar-refractivity contribution in [1.29, 1.82) is 0 Å². The normalized spacial score (nSPS) is 14.9. The zero-order valence-corrected chi connectivity index (χ0v) is 24.6. The highest BCUT2D eigenvalue weighted by Gasteiger charge is 2.31. The van der Waals surface area contributed by atoms with Crippen molar-refractivity contribution in [2.24, 2.45) is 0 Å². The smallest absolute Gasteiger partial charge is 0.243 e. The number of amides is 2. The number of benzene rings is 2. The summed E-state index contributed by atoms with van der Waals surface area (Å²) in [5.41, 5.74) is 1.17. The van der Waals surface area contributed by atoms with Gasteiger partial charge in [-0.05, 0) is 49.4 Å². The van der Waals surface area contributed by atoms with Crippen LogP contribution in [-0.4, -0.2) is 57.1 Å². The van der Waals surface area contributed by atoms with Crippen molar-refractivity contribution in [3.05, 3.63) is 59.1 Å². The third-order valence-electron chi connectivity index (χ3n) is 7.14. The van der Waals surface area contributed by atoms with Crippen LogP contribution < -0.4 is 14.4 Å². The Morgan fingerprint density at radius 2 is 1.74 bits per heavy atom. The maximum absolute atomic E-state index is 13.7. The van der Waals surface area contributed by atoms with Gasteiger partial charge < -0.3 is 15.0 Å². The number of para-hydroxylation sites is 2. The summed E-state index contributed by atoms with van der Waals surface area (Å²) < 4.78 is 31.9. The Kier molecular flexibility index (Phi) is 11.5. The minimum absolute atomic E-state index is 0.0683. The first-order valence-electron chi connectivity index (χ1n) is 13.6. The molecule has 1 fully saturated rings. The zero-order chi connectivity index (χ0) is 28.4. The summed E-state index contributed by atoms with van der Waals surface area (Å²) in [6, 6.07) is 13.6. The molecule has 0 aromatic heterocycles. The van der Waals surface area contributed by atoms with Gasteiger partial charge >= 0.3 is 0 Å². The first kappa shape index (κ1) is 30.8. The van der Waals surface area contributed by atoms with Crippen LogP contribution in [0.4, 0.5) is 5.69 Å². The van der Waals surface area contributed by atoms with E-state index in [-0.39, 0.29) is 43.8 Å². The van der Waals surface area contributed by atoms with Gasteiger partial charge in [0.1, 0.15) is 11.8 Å². The topological polar surface area (TPSA) is 96.0 Å². The lowest BCUT2D eigenvalue weighted by Crippen LogP contribution is -2.51. The van der Waals surface area contributed by atoms with Crippen LogP contribution in [0.15, 0.2) is 48.5 Å². The van der Waals surface area contributed by atoms with Crippen LogP contribution in [0, 0.1) is 0 Å². The molecule has 0 heterocycles. The minimum Gasteiger partial charge on any atom is -0.495 e. The molecule has 0 bridgehead atoms. The Balaban J connectivity index is 1.78. The van der Waals surface area contributed by atoms with Gasteiger partial charge in [0.05, 0.1) is 19.1 Å². The van der Waals surface area contributed by atoms with Gasteiger partial charge in [-0.3, -0.25) is 13.9 Å². The zero-order valence-electron chi connectivity index (χ0n) is 23.1. The van der Waals surface area contributed by atoms with Crippen molar-refractivity contribution in [3.63, 3.8) is 0 Å². The van der Waals surface area contributed by atoms with Crippen molar-refractivity contribution in [2.45, 2.75) is 76.9 Å². The van der Waals surface area contributed by atoms with E-state index in [9.17, 15) is 18.0 Å². The number of nitrogens with one attached hydrogen (secondary N) is 1. The molecule has 1 saturated carbocycles. The summed E-state index contributed by atoms with van der Waals surface area (Å²) in [5.74, 6) is 0.0469. The Hall–Kier alpha value is -2.78. The first-order valence-corrected chi connectivity index (χ1v) is 15.8. The maximum Gasteiger partial charge on any atom is 0.243 e. The number of hydrogen-bond donors (Lipinski definition) is 1. The molecule has 0 spiro atoms. The number of nitrogens with zero attached hydrogens (tertiary/aromatic N) is 2. The predicted octanol–water partition coefficient (Wildman–Crippen LogP) is 5.15. The van der Waals surface area contributed by atoms with Crippen LogP contribution in [0.3, 0.4) is 0 Å². The number of carbonyl (C=O) groups excluding carboxylic acids is 2. The molecule has 1 atom stereocenters. The molecule has 0 aliphatic heterocycles. The van der Waals surface area contributed by atoms with Crippen molar-refractivity contribution in [3.8, 4) is 5.75 Å². The average molecular weight is 578 g/mol. The number of rotatable bonds is 13. The molecular formula is C29H40ClN3O5S. The van der Waals surface area contributed by atoms with Gasteiger partial charge in [-0.25, -0.2) is 8.42 Å². The molecule has 39 heavy (non-hydrogen) atoms. The standard InChI is InChI=1S/C29H40ClN3O5S/c1-4-25(29(35)31-23-14-6-5-7-15-23)32(21-22-13-8-9-16-24(22)30)28(34)19-12-20-33(39(3,36)37)26-17-10-11-18-27(26)38-2/h8-11,13,16-18,23,25H,4-7,12,14-15,19-21H2,1-3H3,(H,31,35)/t25-/m0/s1. The second-order valence-corrected chi connectivity index (χ2v) is 12.3. The van der Waals surface area contributed by atoms with Crippen LogP contribution in [0.1, 0.15) is 63.9 Å². The molecule has 10 heteroatoms. The van der Waals surface area contributed by atoms with Gasteiger partial charge in [-0.15, -0.1) is 0 Å². The Labute approximate surface area is 237 Å². The van der Waals surface area contributed by atoms with E-state index >= 15 is 0 Å². The van der Waals surface area contributed by atoms with Gasteiger partial charge in [-0.1, -0.05) is 68.1 Å². The molecule has 1 aliphatic rings. The molecule has 2 aromatic rings. The summed E-state index contributed by atoms with van der Waals surface area (Å²) in [4.78, 5) is 28.6. The van der Waals surface area contributed by atoms with Crippen molar-refractivity contribution < 1.29 is 22.7 Å². The molecule has 2 aromatic carbocycles. The fourth-order valence-electron chi connectivity index (χ4n) is 5.09. The van der Waals surface area contributed by atoms with Crippen molar-refractivity contribution >= 4 is 39.1 Å². The molecule has 1 N–H and O–H groups in total. The molecule has 0 radical (unpaired) electrons. The molecular weight excluding hydrogens is 538 g/mol. The van der Waals surface area contributed by atoms with Crippen molar-refractivity contribution in [2.75, 3.05) is 24.2 Å². The number of halogens is 1. The largest absolute Gasteiger partial charge is 0.495 e. The molecule has 3 rings (SSSR count). The SMILES string of the molecule is CC[C@@H](C(=O)NC1CCCCC1)N(Cc1ccccc1Cl)C(=O)CCCN(c1ccccc1OC)S(C)(=O)=O. The lowest BCUT2D eigenvalue weighted by molar-refractivity contribution is -0.141. The minimum atomic E-state index is -3.63. The van der Waals surface area contributed by atoms with E-state index in [4.69, 9.17) is 16.3 Å². The fraction of sp³-hybridized carbons (Fsp3) is 0.517. The monoisotopic (exact) mass is 577 g/mol. The second kappa shape index (κ2) is 14.6. The number of ether oxygens (including phenoxy) is 1. The summed E-state index contributed by atoms with van der Waals surface area (Å²) in [6.07, 6.45) is 7.18. The highest BCUT2D eigenvalue weighted by atomic mass is 35.5.